The molecule has 0 unspecified atom stereocenters. The van der Waals surface area contributed by atoms with Crippen LogP contribution in [-0.2, 0) is 0 Å². The highest BCUT2D eigenvalue weighted by Crippen LogP contribution is 2.33. The molecule has 0 amide bonds. The largest absolute Gasteiger partial charge is 0.456 e. The second kappa shape index (κ2) is 5.22. The molecule has 1 heterocycles. The Labute approximate surface area is 147 Å². The van der Waals surface area contributed by atoms with Crippen LogP contribution in [0.15, 0.2) is 87.8 Å². The monoisotopic (exact) mass is 372 g/mol. The van der Waals surface area contributed by atoms with E-state index in [1.165, 1.54) is 27.3 Å². The molecule has 0 saturated carbocycles. The van der Waals surface area contributed by atoms with Gasteiger partial charge in [0.25, 0.3) is 0 Å². The zero-order valence-corrected chi connectivity index (χ0v) is 14.4. The molecule has 0 spiro atoms. The normalized spacial score (nSPS) is 11.5. The van der Waals surface area contributed by atoms with Gasteiger partial charge < -0.3 is 4.42 Å². The molecule has 0 radical (unpaired) electrons. The van der Waals surface area contributed by atoms with Crippen LogP contribution in [0.25, 0.3) is 43.8 Å². The van der Waals surface area contributed by atoms with Gasteiger partial charge in [0, 0.05) is 15.2 Å². The van der Waals surface area contributed by atoms with Gasteiger partial charge in [0.15, 0.2) is 0 Å². The average molecular weight is 373 g/mol. The van der Waals surface area contributed by atoms with Crippen LogP contribution in [-0.4, -0.2) is 0 Å². The predicted octanol–water partition coefficient (Wildman–Crippen LogP) is 7.17. The van der Waals surface area contributed by atoms with Crippen molar-refractivity contribution in [2.75, 3.05) is 0 Å². The van der Waals surface area contributed by atoms with Crippen LogP contribution in [0.4, 0.5) is 0 Å². The van der Waals surface area contributed by atoms with E-state index < -0.39 is 0 Å². The van der Waals surface area contributed by atoms with Crippen molar-refractivity contribution in [2.24, 2.45) is 0 Å². The van der Waals surface area contributed by atoms with Gasteiger partial charge in [0.2, 0.25) is 0 Å². The van der Waals surface area contributed by atoms with Crippen molar-refractivity contribution < 1.29 is 4.42 Å². The van der Waals surface area contributed by atoms with Crippen LogP contribution in [0.3, 0.4) is 0 Å². The Morgan fingerprint density at radius 2 is 1.33 bits per heavy atom. The van der Waals surface area contributed by atoms with Crippen LogP contribution >= 0.6 is 15.9 Å². The number of fused-ring (bicyclic) bond motifs is 4. The molecule has 0 fully saturated rings. The van der Waals surface area contributed by atoms with Crippen molar-refractivity contribution in [3.63, 3.8) is 0 Å². The Morgan fingerprint density at radius 1 is 0.583 bits per heavy atom. The van der Waals surface area contributed by atoms with E-state index in [2.05, 4.69) is 76.6 Å². The number of rotatable bonds is 1. The van der Waals surface area contributed by atoms with E-state index in [0.717, 1.165) is 21.0 Å². The zero-order valence-electron chi connectivity index (χ0n) is 12.8. The first kappa shape index (κ1) is 13.8. The Bertz CT molecular complexity index is 1220. The summed E-state index contributed by atoms with van der Waals surface area (Å²) in [5.74, 6) is 0. The van der Waals surface area contributed by atoms with E-state index in [4.69, 9.17) is 4.42 Å². The third kappa shape index (κ3) is 2.15. The van der Waals surface area contributed by atoms with E-state index in [0.29, 0.717) is 0 Å². The van der Waals surface area contributed by atoms with Gasteiger partial charge in [-0.15, -0.1) is 0 Å². The lowest BCUT2D eigenvalue weighted by molar-refractivity contribution is 0.669. The predicted molar refractivity (Wildman–Crippen MR) is 104 cm³/mol. The van der Waals surface area contributed by atoms with Gasteiger partial charge in [0.05, 0.1) is 0 Å². The summed E-state index contributed by atoms with van der Waals surface area (Å²) in [6.07, 6.45) is 0. The molecule has 5 aromatic rings. The molecule has 0 bridgehead atoms. The Balaban J connectivity index is 1.72. The smallest absolute Gasteiger partial charge is 0.136 e. The molecule has 0 saturated heterocycles. The fraction of sp³-hybridized carbons (Fsp3) is 0. The summed E-state index contributed by atoms with van der Waals surface area (Å²) < 4.78 is 7.11. The quantitative estimate of drug-likeness (QED) is 0.304. The minimum absolute atomic E-state index is 0.933. The maximum Gasteiger partial charge on any atom is 0.136 e. The highest BCUT2D eigenvalue weighted by atomic mass is 79.9. The molecule has 1 aromatic heterocycles. The molecule has 114 valence electrons. The minimum Gasteiger partial charge on any atom is -0.456 e. The fourth-order valence-electron chi connectivity index (χ4n) is 3.30. The van der Waals surface area contributed by atoms with E-state index in [-0.39, 0.29) is 0 Å². The Morgan fingerprint density at radius 3 is 2.29 bits per heavy atom. The van der Waals surface area contributed by atoms with Gasteiger partial charge in [-0.2, -0.15) is 0 Å². The molecule has 1 nitrogen and oxygen atoms in total. The number of furan rings is 1. The molecule has 0 N–H and O–H groups in total. The summed E-state index contributed by atoms with van der Waals surface area (Å²) >= 11 is 3.55. The number of benzene rings is 4. The topological polar surface area (TPSA) is 13.1 Å². The highest BCUT2D eigenvalue weighted by Gasteiger charge is 2.08. The summed E-state index contributed by atoms with van der Waals surface area (Å²) in [6, 6.07) is 27.5. The lowest BCUT2D eigenvalue weighted by Gasteiger charge is -2.05. The molecule has 4 aromatic carbocycles. The molecule has 24 heavy (non-hydrogen) atoms. The standard InChI is InChI=1S/C22H13BrO/c23-18-9-7-14-5-6-15(11-17(14)12-18)16-8-10-20-19-3-1-2-4-21(19)24-22(20)13-16/h1-13H. The molecule has 2 heteroatoms. The van der Waals surface area contributed by atoms with Gasteiger partial charge in [-0.1, -0.05) is 58.4 Å². The first-order valence-corrected chi connectivity index (χ1v) is 8.68. The second-order valence-corrected chi connectivity index (χ2v) is 6.93. The van der Waals surface area contributed by atoms with Crippen LogP contribution in [0.2, 0.25) is 0 Å². The van der Waals surface area contributed by atoms with Crippen LogP contribution in [0.1, 0.15) is 0 Å². The van der Waals surface area contributed by atoms with Crippen molar-refractivity contribution in [1.29, 1.82) is 0 Å². The van der Waals surface area contributed by atoms with Crippen LogP contribution in [0.5, 0.6) is 0 Å². The zero-order chi connectivity index (χ0) is 16.1. The first-order valence-electron chi connectivity index (χ1n) is 7.89. The lowest BCUT2D eigenvalue weighted by atomic mass is 10.0. The van der Waals surface area contributed by atoms with Crippen molar-refractivity contribution in [3.05, 3.63) is 83.3 Å². The summed E-state index contributed by atoms with van der Waals surface area (Å²) in [7, 11) is 0. The van der Waals surface area contributed by atoms with Crippen molar-refractivity contribution in [1.82, 2.24) is 0 Å². The Kier molecular flexibility index (Phi) is 3.00. The van der Waals surface area contributed by atoms with E-state index >= 15 is 0 Å². The van der Waals surface area contributed by atoms with Gasteiger partial charge in [0.1, 0.15) is 11.2 Å². The SMILES string of the molecule is Brc1ccc2ccc(-c3ccc4c(c3)oc3ccccc34)cc2c1. The number of hydrogen-bond acceptors (Lipinski definition) is 1. The molecular formula is C22H13BrO. The van der Waals surface area contributed by atoms with E-state index in [9.17, 15) is 0 Å². The highest BCUT2D eigenvalue weighted by molar-refractivity contribution is 9.10. The molecule has 0 aliphatic rings. The molecular weight excluding hydrogens is 360 g/mol. The maximum absolute atomic E-state index is 6.01. The number of para-hydroxylation sites is 1. The van der Waals surface area contributed by atoms with E-state index in [1.807, 2.05) is 18.2 Å². The molecule has 5 rings (SSSR count). The van der Waals surface area contributed by atoms with Crippen molar-refractivity contribution >= 4 is 48.6 Å². The van der Waals surface area contributed by atoms with Gasteiger partial charge in [-0.05, 0) is 58.3 Å². The van der Waals surface area contributed by atoms with Crippen LogP contribution in [0, 0.1) is 0 Å². The fourth-order valence-corrected chi connectivity index (χ4v) is 3.68. The minimum atomic E-state index is 0.933. The third-order valence-electron chi connectivity index (χ3n) is 4.51. The van der Waals surface area contributed by atoms with Gasteiger partial charge in [-0.25, -0.2) is 0 Å². The van der Waals surface area contributed by atoms with Crippen molar-refractivity contribution in [2.45, 2.75) is 0 Å². The van der Waals surface area contributed by atoms with Crippen LogP contribution < -0.4 is 0 Å². The summed E-state index contributed by atoms with van der Waals surface area (Å²) in [4.78, 5) is 0. The number of hydrogen-bond donors (Lipinski definition) is 0. The first-order chi connectivity index (χ1) is 11.8. The molecule has 0 aliphatic heterocycles. The van der Waals surface area contributed by atoms with Gasteiger partial charge in [-0.3, -0.25) is 0 Å². The van der Waals surface area contributed by atoms with Gasteiger partial charge >= 0.3 is 0 Å². The van der Waals surface area contributed by atoms with Crippen molar-refractivity contribution in [3.8, 4) is 11.1 Å². The Hall–Kier alpha value is -2.58. The second-order valence-electron chi connectivity index (χ2n) is 6.02. The third-order valence-corrected chi connectivity index (χ3v) is 5.01. The molecule has 0 aliphatic carbocycles. The molecule has 0 atom stereocenters. The number of halogens is 1. The average Bonchev–Trinajstić information content (AvgIpc) is 2.98. The lowest BCUT2D eigenvalue weighted by Crippen LogP contribution is -1.79. The maximum atomic E-state index is 6.01. The summed E-state index contributed by atoms with van der Waals surface area (Å²) in [6.45, 7) is 0. The summed E-state index contributed by atoms with van der Waals surface area (Å²) in [5.41, 5.74) is 4.24. The summed E-state index contributed by atoms with van der Waals surface area (Å²) in [5, 5.41) is 4.80. The van der Waals surface area contributed by atoms with E-state index in [1.54, 1.807) is 0 Å².